The maximum Gasteiger partial charge on any atom is 0.267 e. The predicted octanol–water partition coefficient (Wildman–Crippen LogP) is 4.46. The van der Waals surface area contributed by atoms with Gasteiger partial charge >= 0.3 is 0 Å². The molecule has 0 saturated heterocycles. The number of hydrogen-bond donors (Lipinski definition) is 2. The molecule has 0 fully saturated rings. The van der Waals surface area contributed by atoms with Crippen molar-refractivity contribution in [2.75, 3.05) is 17.7 Å². The van der Waals surface area contributed by atoms with Crippen LogP contribution in [0.4, 0.5) is 11.4 Å². The van der Waals surface area contributed by atoms with Crippen LogP contribution in [-0.2, 0) is 4.79 Å². The molecule has 2 N–H and O–H groups in total. The average Bonchev–Trinajstić information content (AvgIpc) is 2.55. The van der Waals surface area contributed by atoms with Gasteiger partial charge in [0.2, 0.25) is 0 Å². The van der Waals surface area contributed by atoms with Gasteiger partial charge in [0.15, 0.2) is 0 Å². The van der Waals surface area contributed by atoms with Gasteiger partial charge in [-0.15, -0.1) is 0 Å². The van der Waals surface area contributed by atoms with Crippen molar-refractivity contribution in [1.29, 1.82) is 5.26 Å². The largest absolute Gasteiger partial charge is 0.495 e. The second kappa shape index (κ2) is 8.25. The fraction of sp³-hybridized carbons (Fsp3) is 0.0588. The molecule has 1 amide bonds. The predicted molar refractivity (Wildman–Crippen MR) is 95.4 cm³/mol. The van der Waals surface area contributed by atoms with Gasteiger partial charge in [0.1, 0.15) is 17.4 Å². The van der Waals surface area contributed by atoms with Crippen LogP contribution in [0.2, 0.25) is 10.0 Å². The molecule has 5 nitrogen and oxygen atoms in total. The number of carbonyl (C=O) groups excluding carboxylic acids is 1. The van der Waals surface area contributed by atoms with Crippen LogP contribution in [0.25, 0.3) is 0 Å². The number of nitriles is 1. The van der Waals surface area contributed by atoms with Crippen LogP contribution in [-0.4, -0.2) is 13.0 Å². The molecule has 0 radical (unpaired) electrons. The molecule has 0 spiro atoms. The van der Waals surface area contributed by atoms with E-state index in [9.17, 15) is 4.79 Å². The van der Waals surface area contributed by atoms with Crippen LogP contribution < -0.4 is 15.4 Å². The molecule has 0 bridgehead atoms. The zero-order valence-electron chi connectivity index (χ0n) is 12.6. The second-order valence-corrected chi connectivity index (χ2v) is 5.47. The molecule has 7 heteroatoms. The van der Waals surface area contributed by atoms with E-state index in [4.69, 9.17) is 33.2 Å². The van der Waals surface area contributed by atoms with Crippen molar-refractivity contribution < 1.29 is 9.53 Å². The minimum atomic E-state index is -0.562. The number of nitrogens with one attached hydrogen (secondary N) is 2. The van der Waals surface area contributed by atoms with E-state index in [0.29, 0.717) is 27.2 Å². The maximum atomic E-state index is 12.2. The molecule has 2 aromatic carbocycles. The molecule has 0 atom stereocenters. The Bertz CT molecular complexity index is 829. The van der Waals surface area contributed by atoms with Gasteiger partial charge in [-0.2, -0.15) is 5.26 Å². The fourth-order valence-corrected chi connectivity index (χ4v) is 2.27. The lowest BCUT2D eigenvalue weighted by Crippen LogP contribution is -2.14. The highest BCUT2D eigenvalue weighted by Crippen LogP contribution is 2.27. The van der Waals surface area contributed by atoms with Crippen molar-refractivity contribution in [2.24, 2.45) is 0 Å². The van der Waals surface area contributed by atoms with Gasteiger partial charge in [-0.05, 0) is 36.4 Å². The topological polar surface area (TPSA) is 74.1 Å². The Morgan fingerprint density at radius 3 is 2.62 bits per heavy atom. The lowest BCUT2D eigenvalue weighted by atomic mass is 10.2. The molecular weight excluding hydrogens is 349 g/mol. The van der Waals surface area contributed by atoms with E-state index in [1.807, 2.05) is 6.07 Å². The summed E-state index contributed by atoms with van der Waals surface area (Å²) in [6.45, 7) is 0. The first-order valence-electron chi connectivity index (χ1n) is 6.80. The first-order chi connectivity index (χ1) is 11.5. The Balaban J connectivity index is 2.10. The number of methoxy groups -OCH3 is 1. The van der Waals surface area contributed by atoms with Gasteiger partial charge in [-0.3, -0.25) is 4.79 Å². The number of nitrogens with zero attached hydrogens (tertiary/aromatic N) is 1. The normalized spacial score (nSPS) is 10.7. The van der Waals surface area contributed by atoms with Crippen LogP contribution in [0, 0.1) is 11.3 Å². The minimum absolute atomic E-state index is 0.0954. The van der Waals surface area contributed by atoms with Gasteiger partial charge in [-0.1, -0.05) is 29.3 Å². The summed E-state index contributed by atoms with van der Waals surface area (Å²) < 4.78 is 5.04. The van der Waals surface area contributed by atoms with Gasteiger partial charge in [0, 0.05) is 22.6 Å². The average molecular weight is 362 g/mol. The summed E-state index contributed by atoms with van der Waals surface area (Å²) in [5.74, 6) is -0.0680. The number of hydrogen-bond acceptors (Lipinski definition) is 4. The van der Waals surface area contributed by atoms with Gasteiger partial charge < -0.3 is 15.4 Å². The summed E-state index contributed by atoms with van der Waals surface area (Å²) in [4.78, 5) is 12.2. The number of anilines is 2. The standard InChI is InChI=1S/C17H13Cl2N3O2/c1-24-16-6-5-14(8-15(16)19)22-17(23)11(9-20)10-21-13-4-2-3-12(18)7-13/h2-8,10,21H,1H3,(H,22,23)/b11-10-. The molecule has 122 valence electrons. The molecule has 0 aliphatic carbocycles. The summed E-state index contributed by atoms with van der Waals surface area (Å²) in [6.07, 6.45) is 1.31. The quantitative estimate of drug-likeness (QED) is 0.608. The summed E-state index contributed by atoms with van der Waals surface area (Å²) >= 11 is 11.9. The molecule has 2 aromatic rings. The number of carbonyl (C=O) groups is 1. The number of halogens is 2. The Morgan fingerprint density at radius 1 is 1.21 bits per heavy atom. The van der Waals surface area contributed by atoms with Crippen molar-refractivity contribution in [3.05, 3.63) is 64.3 Å². The van der Waals surface area contributed by atoms with Gasteiger partial charge in [0.25, 0.3) is 5.91 Å². The number of rotatable bonds is 5. The minimum Gasteiger partial charge on any atom is -0.495 e. The number of amides is 1. The van der Waals surface area contributed by atoms with Crippen molar-refractivity contribution in [2.45, 2.75) is 0 Å². The van der Waals surface area contributed by atoms with E-state index < -0.39 is 5.91 Å². The van der Waals surface area contributed by atoms with Crippen LogP contribution in [0.5, 0.6) is 5.75 Å². The third kappa shape index (κ3) is 4.66. The molecule has 0 unspecified atom stereocenters. The first-order valence-corrected chi connectivity index (χ1v) is 7.56. The summed E-state index contributed by atoms with van der Waals surface area (Å²) in [5.41, 5.74) is 1.02. The van der Waals surface area contributed by atoms with Crippen molar-refractivity contribution in [3.63, 3.8) is 0 Å². The van der Waals surface area contributed by atoms with Gasteiger partial charge in [0.05, 0.1) is 12.1 Å². The van der Waals surface area contributed by atoms with E-state index in [-0.39, 0.29) is 5.57 Å². The Labute approximate surface area is 149 Å². The van der Waals surface area contributed by atoms with E-state index >= 15 is 0 Å². The highest BCUT2D eigenvalue weighted by molar-refractivity contribution is 6.32. The van der Waals surface area contributed by atoms with Crippen LogP contribution in [0.1, 0.15) is 0 Å². The first kappa shape index (κ1) is 17.7. The SMILES string of the molecule is COc1ccc(NC(=O)/C(C#N)=C\Nc2cccc(Cl)c2)cc1Cl. The monoisotopic (exact) mass is 361 g/mol. The summed E-state index contributed by atoms with van der Waals surface area (Å²) in [7, 11) is 1.50. The van der Waals surface area contributed by atoms with E-state index in [0.717, 1.165) is 0 Å². The smallest absolute Gasteiger partial charge is 0.267 e. The molecule has 0 heterocycles. The van der Waals surface area contributed by atoms with Gasteiger partial charge in [-0.25, -0.2) is 0 Å². The Morgan fingerprint density at radius 2 is 2.00 bits per heavy atom. The third-order valence-corrected chi connectivity index (χ3v) is 3.51. The summed E-state index contributed by atoms with van der Waals surface area (Å²) in [6, 6.07) is 13.5. The van der Waals surface area contributed by atoms with Crippen molar-refractivity contribution in [3.8, 4) is 11.8 Å². The van der Waals surface area contributed by atoms with E-state index in [2.05, 4.69) is 10.6 Å². The summed E-state index contributed by atoms with van der Waals surface area (Å²) in [5, 5.41) is 15.5. The molecule has 0 aromatic heterocycles. The van der Waals surface area contributed by atoms with Crippen LogP contribution in [0.3, 0.4) is 0 Å². The van der Waals surface area contributed by atoms with E-state index in [1.54, 1.807) is 36.4 Å². The second-order valence-electron chi connectivity index (χ2n) is 4.63. The highest BCUT2D eigenvalue weighted by Gasteiger charge is 2.10. The molecule has 0 aliphatic rings. The highest BCUT2D eigenvalue weighted by atomic mass is 35.5. The lowest BCUT2D eigenvalue weighted by Gasteiger charge is -2.08. The van der Waals surface area contributed by atoms with E-state index in [1.165, 1.54) is 19.4 Å². The molecule has 2 rings (SSSR count). The molecule has 0 aliphatic heterocycles. The van der Waals surface area contributed by atoms with Crippen molar-refractivity contribution in [1.82, 2.24) is 0 Å². The van der Waals surface area contributed by atoms with Crippen LogP contribution in [0.15, 0.2) is 54.2 Å². The molecular formula is C17H13Cl2N3O2. The molecule has 24 heavy (non-hydrogen) atoms. The zero-order valence-corrected chi connectivity index (χ0v) is 14.2. The number of ether oxygens (including phenoxy) is 1. The molecule has 0 saturated carbocycles. The number of benzene rings is 2. The third-order valence-electron chi connectivity index (χ3n) is 2.98. The fourth-order valence-electron chi connectivity index (χ4n) is 1.82. The van der Waals surface area contributed by atoms with Crippen LogP contribution >= 0.6 is 23.2 Å². The lowest BCUT2D eigenvalue weighted by molar-refractivity contribution is -0.112. The Kier molecular flexibility index (Phi) is 6.07. The van der Waals surface area contributed by atoms with Crippen molar-refractivity contribution >= 4 is 40.5 Å². The Hall–Kier alpha value is -2.68. The maximum absolute atomic E-state index is 12.2. The zero-order chi connectivity index (χ0) is 17.5.